The lowest BCUT2D eigenvalue weighted by molar-refractivity contribution is -0.383. The molecular weight excluding hydrogens is 416 g/mol. The standard InChI is InChI=1S/C17H21BrN6O3/c18-13-4-1-2-5-14(13)22-17-15(24(25)26)16(20-12-21-17)19-6-3-7-23-8-10-27-11-9-23/h1-2,4-5,12H,3,6-11H2,(H2,19,20,21,22). The van der Waals surface area contributed by atoms with E-state index >= 15 is 0 Å². The number of nitro groups is 1. The first-order valence-electron chi connectivity index (χ1n) is 8.70. The van der Waals surface area contributed by atoms with Gasteiger partial charge in [0.25, 0.3) is 0 Å². The van der Waals surface area contributed by atoms with Gasteiger partial charge in [-0.3, -0.25) is 15.0 Å². The second kappa shape index (κ2) is 9.58. The second-order valence-electron chi connectivity index (χ2n) is 6.02. The second-order valence-corrected chi connectivity index (χ2v) is 6.87. The first-order valence-corrected chi connectivity index (χ1v) is 9.49. The van der Waals surface area contributed by atoms with Gasteiger partial charge in [0, 0.05) is 24.1 Å². The van der Waals surface area contributed by atoms with Gasteiger partial charge in [0.1, 0.15) is 6.33 Å². The van der Waals surface area contributed by atoms with E-state index in [1.54, 1.807) is 0 Å². The van der Waals surface area contributed by atoms with Crippen LogP contribution in [0.4, 0.5) is 23.0 Å². The normalized spacial score (nSPS) is 14.7. The average Bonchev–Trinajstić information content (AvgIpc) is 2.68. The summed E-state index contributed by atoms with van der Waals surface area (Å²) < 4.78 is 6.12. The highest BCUT2D eigenvalue weighted by Gasteiger charge is 2.23. The number of para-hydroxylation sites is 1. The van der Waals surface area contributed by atoms with Crippen LogP contribution in [0.2, 0.25) is 0 Å². The molecule has 0 unspecified atom stereocenters. The summed E-state index contributed by atoms with van der Waals surface area (Å²) in [5.41, 5.74) is 0.525. The number of hydrogen-bond acceptors (Lipinski definition) is 8. The minimum atomic E-state index is -0.469. The fourth-order valence-electron chi connectivity index (χ4n) is 2.80. The molecule has 0 radical (unpaired) electrons. The Kier molecular flexibility index (Phi) is 6.91. The van der Waals surface area contributed by atoms with Crippen LogP contribution in [-0.2, 0) is 4.74 Å². The quantitative estimate of drug-likeness (QED) is 0.369. The number of rotatable bonds is 8. The molecule has 1 aromatic heterocycles. The Morgan fingerprint density at radius 3 is 2.70 bits per heavy atom. The maximum atomic E-state index is 11.6. The van der Waals surface area contributed by atoms with Gasteiger partial charge in [-0.25, -0.2) is 9.97 Å². The SMILES string of the molecule is O=[N+]([O-])c1c(NCCCN2CCOCC2)ncnc1Nc1ccccc1Br. The van der Waals surface area contributed by atoms with Crippen LogP contribution in [0.25, 0.3) is 0 Å². The molecule has 0 saturated carbocycles. The van der Waals surface area contributed by atoms with Gasteiger partial charge in [0.2, 0.25) is 11.6 Å². The predicted molar refractivity (Wildman–Crippen MR) is 106 cm³/mol. The van der Waals surface area contributed by atoms with E-state index in [0.717, 1.165) is 43.7 Å². The van der Waals surface area contributed by atoms with Gasteiger partial charge < -0.3 is 15.4 Å². The van der Waals surface area contributed by atoms with Crippen molar-refractivity contribution < 1.29 is 9.66 Å². The molecule has 1 saturated heterocycles. The third-order valence-electron chi connectivity index (χ3n) is 4.18. The Labute approximate surface area is 165 Å². The lowest BCUT2D eigenvalue weighted by atomic mass is 10.3. The van der Waals surface area contributed by atoms with Crippen molar-refractivity contribution in [3.05, 3.63) is 45.2 Å². The maximum absolute atomic E-state index is 11.6. The van der Waals surface area contributed by atoms with Gasteiger partial charge >= 0.3 is 5.69 Å². The highest BCUT2D eigenvalue weighted by molar-refractivity contribution is 9.10. The molecule has 0 aliphatic carbocycles. The average molecular weight is 437 g/mol. The largest absolute Gasteiger partial charge is 0.379 e. The fraction of sp³-hybridized carbons (Fsp3) is 0.412. The summed E-state index contributed by atoms with van der Waals surface area (Å²) in [5, 5.41) is 17.7. The minimum absolute atomic E-state index is 0.151. The molecule has 0 amide bonds. The summed E-state index contributed by atoms with van der Waals surface area (Å²) in [5.74, 6) is 0.365. The number of ether oxygens (including phenoxy) is 1. The maximum Gasteiger partial charge on any atom is 0.353 e. The van der Waals surface area contributed by atoms with E-state index in [1.807, 2.05) is 24.3 Å². The van der Waals surface area contributed by atoms with Crippen LogP contribution < -0.4 is 10.6 Å². The molecule has 1 aliphatic heterocycles. The smallest absolute Gasteiger partial charge is 0.353 e. The van der Waals surface area contributed by atoms with Crippen molar-refractivity contribution in [3.63, 3.8) is 0 Å². The predicted octanol–water partition coefficient (Wildman–Crippen LogP) is 3.03. The third-order valence-corrected chi connectivity index (χ3v) is 4.87. The lowest BCUT2D eigenvalue weighted by Crippen LogP contribution is -2.37. The summed E-state index contributed by atoms with van der Waals surface area (Å²) in [7, 11) is 0. The number of aromatic nitrogens is 2. The number of benzene rings is 1. The van der Waals surface area contributed by atoms with Crippen molar-refractivity contribution in [2.45, 2.75) is 6.42 Å². The summed E-state index contributed by atoms with van der Waals surface area (Å²) in [6.07, 6.45) is 2.17. The third kappa shape index (κ3) is 5.34. The van der Waals surface area contributed by atoms with Crippen molar-refractivity contribution in [1.82, 2.24) is 14.9 Å². The molecule has 9 nitrogen and oxygen atoms in total. The number of hydrogen-bond donors (Lipinski definition) is 2. The number of morpholine rings is 1. The fourth-order valence-corrected chi connectivity index (χ4v) is 3.18. The molecule has 27 heavy (non-hydrogen) atoms. The molecule has 3 rings (SSSR count). The van der Waals surface area contributed by atoms with Gasteiger partial charge in [-0.1, -0.05) is 12.1 Å². The van der Waals surface area contributed by atoms with Gasteiger partial charge in [-0.15, -0.1) is 0 Å². The molecule has 1 aromatic carbocycles. The summed E-state index contributed by atoms with van der Waals surface area (Å²) in [4.78, 5) is 21.6. The lowest BCUT2D eigenvalue weighted by Gasteiger charge is -2.26. The van der Waals surface area contributed by atoms with Crippen LogP contribution in [0, 0.1) is 10.1 Å². The molecule has 0 bridgehead atoms. The van der Waals surface area contributed by atoms with Crippen LogP contribution in [0.1, 0.15) is 6.42 Å². The van der Waals surface area contributed by atoms with E-state index in [9.17, 15) is 10.1 Å². The van der Waals surface area contributed by atoms with Crippen molar-refractivity contribution in [3.8, 4) is 0 Å². The Hall–Kier alpha value is -2.30. The molecule has 1 fully saturated rings. The van der Waals surface area contributed by atoms with Gasteiger partial charge in [0.05, 0.1) is 23.8 Å². The topological polar surface area (TPSA) is 105 Å². The zero-order chi connectivity index (χ0) is 19.1. The Morgan fingerprint density at radius 1 is 1.22 bits per heavy atom. The van der Waals surface area contributed by atoms with Crippen LogP contribution in [0.5, 0.6) is 0 Å². The Morgan fingerprint density at radius 2 is 1.96 bits per heavy atom. The van der Waals surface area contributed by atoms with Crippen molar-refractivity contribution in [2.75, 3.05) is 50.0 Å². The molecule has 2 aromatic rings. The zero-order valence-electron chi connectivity index (χ0n) is 14.7. The highest BCUT2D eigenvalue weighted by atomic mass is 79.9. The van der Waals surface area contributed by atoms with E-state index in [-0.39, 0.29) is 17.3 Å². The molecule has 144 valence electrons. The molecular formula is C17H21BrN6O3. The summed E-state index contributed by atoms with van der Waals surface area (Å²) in [6.45, 7) is 4.87. The van der Waals surface area contributed by atoms with E-state index in [4.69, 9.17) is 4.74 Å². The van der Waals surface area contributed by atoms with E-state index < -0.39 is 4.92 Å². The van der Waals surface area contributed by atoms with E-state index in [2.05, 4.69) is 41.4 Å². The van der Waals surface area contributed by atoms with Crippen LogP contribution >= 0.6 is 15.9 Å². The van der Waals surface area contributed by atoms with Crippen molar-refractivity contribution in [2.24, 2.45) is 0 Å². The minimum Gasteiger partial charge on any atom is -0.379 e. The van der Waals surface area contributed by atoms with Crippen LogP contribution in [0.3, 0.4) is 0 Å². The number of nitrogens with zero attached hydrogens (tertiary/aromatic N) is 4. The zero-order valence-corrected chi connectivity index (χ0v) is 16.3. The Bertz CT molecular complexity index is 785. The Balaban J connectivity index is 1.66. The van der Waals surface area contributed by atoms with Gasteiger partial charge in [-0.2, -0.15) is 0 Å². The molecule has 0 atom stereocenters. The molecule has 10 heteroatoms. The summed E-state index contributed by atoms with van der Waals surface area (Å²) in [6, 6.07) is 7.36. The monoisotopic (exact) mass is 436 g/mol. The molecule has 2 N–H and O–H groups in total. The number of nitrogens with one attached hydrogen (secondary N) is 2. The van der Waals surface area contributed by atoms with Crippen LogP contribution in [0.15, 0.2) is 35.1 Å². The molecule has 2 heterocycles. The highest BCUT2D eigenvalue weighted by Crippen LogP contribution is 2.33. The molecule has 0 spiro atoms. The van der Waals surface area contributed by atoms with Crippen molar-refractivity contribution >= 4 is 38.9 Å². The van der Waals surface area contributed by atoms with Gasteiger partial charge in [-0.05, 0) is 41.0 Å². The van der Waals surface area contributed by atoms with E-state index in [1.165, 1.54) is 6.33 Å². The summed E-state index contributed by atoms with van der Waals surface area (Å²) >= 11 is 3.42. The number of halogens is 1. The number of anilines is 3. The first-order chi connectivity index (χ1) is 13.1. The van der Waals surface area contributed by atoms with Gasteiger partial charge in [0.15, 0.2) is 0 Å². The van der Waals surface area contributed by atoms with Crippen molar-refractivity contribution in [1.29, 1.82) is 0 Å². The van der Waals surface area contributed by atoms with E-state index in [0.29, 0.717) is 12.2 Å². The first kappa shape index (κ1) is 19.5. The van der Waals surface area contributed by atoms with Crippen LogP contribution in [-0.4, -0.2) is 59.2 Å². The molecule has 1 aliphatic rings.